The number of hydrogen-bond acceptors (Lipinski definition) is 6. The minimum atomic E-state index is -0.502. The van der Waals surface area contributed by atoms with Crippen molar-refractivity contribution in [1.82, 2.24) is 14.8 Å². The molecule has 0 unspecified atom stereocenters. The highest BCUT2D eigenvalue weighted by Gasteiger charge is 2.13. The number of amides is 1. The Bertz CT molecular complexity index is 959. The number of nitro benzene ring substituents is 1. The van der Waals surface area contributed by atoms with Crippen LogP contribution in [0.25, 0.3) is 0 Å². The predicted octanol–water partition coefficient (Wildman–Crippen LogP) is 3.04. The molecule has 0 saturated carbocycles. The number of rotatable bonds is 7. The van der Waals surface area contributed by atoms with Crippen molar-refractivity contribution in [2.75, 3.05) is 11.1 Å². The summed E-state index contributed by atoms with van der Waals surface area (Å²) >= 11 is 1.26. The van der Waals surface area contributed by atoms with E-state index in [9.17, 15) is 14.9 Å². The summed E-state index contributed by atoms with van der Waals surface area (Å²) in [7, 11) is 1.86. The van der Waals surface area contributed by atoms with Crippen LogP contribution in [0.15, 0.2) is 59.8 Å². The van der Waals surface area contributed by atoms with Crippen LogP contribution in [0.1, 0.15) is 11.4 Å². The molecule has 0 fully saturated rings. The summed E-state index contributed by atoms with van der Waals surface area (Å²) in [6.45, 7) is 0. The molecule has 0 aliphatic rings. The monoisotopic (exact) mass is 383 g/mol. The summed E-state index contributed by atoms with van der Waals surface area (Å²) in [5.74, 6) is 0.663. The molecule has 27 heavy (non-hydrogen) atoms. The molecule has 1 N–H and O–H groups in total. The van der Waals surface area contributed by atoms with E-state index in [0.29, 0.717) is 17.3 Å². The first-order chi connectivity index (χ1) is 13.0. The van der Waals surface area contributed by atoms with Gasteiger partial charge in [-0.3, -0.25) is 14.9 Å². The first-order valence-corrected chi connectivity index (χ1v) is 9.11. The lowest BCUT2D eigenvalue weighted by atomic mass is 10.1. The molecule has 1 aromatic heterocycles. The average molecular weight is 383 g/mol. The number of carbonyl (C=O) groups excluding carboxylic acids is 1. The third-order valence-electron chi connectivity index (χ3n) is 3.80. The zero-order valence-electron chi connectivity index (χ0n) is 14.5. The Morgan fingerprint density at radius 1 is 1.19 bits per heavy atom. The zero-order valence-corrected chi connectivity index (χ0v) is 15.3. The average Bonchev–Trinajstić information content (AvgIpc) is 3.01. The number of thioether (sulfide) groups is 1. The van der Waals surface area contributed by atoms with Gasteiger partial charge in [0.2, 0.25) is 5.91 Å². The van der Waals surface area contributed by atoms with Crippen LogP contribution in [0.3, 0.4) is 0 Å². The maximum atomic E-state index is 12.1. The van der Waals surface area contributed by atoms with Crippen LogP contribution >= 0.6 is 11.8 Å². The number of nitrogens with zero attached hydrogens (tertiary/aromatic N) is 4. The predicted molar refractivity (Wildman–Crippen MR) is 103 cm³/mol. The lowest BCUT2D eigenvalue weighted by Gasteiger charge is -2.06. The van der Waals surface area contributed by atoms with Gasteiger partial charge in [0.15, 0.2) is 5.16 Å². The molecule has 138 valence electrons. The molecule has 0 aliphatic carbocycles. The molecule has 0 atom stereocenters. The number of carbonyl (C=O) groups is 1. The lowest BCUT2D eigenvalue weighted by Crippen LogP contribution is -2.14. The van der Waals surface area contributed by atoms with Crippen molar-refractivity contribution in [3.63, 3.8) is 0 Å². The third kappa shape index (κ3) is 4.91. The van der Waals surface area contributed by atoms with Gasteiger partial charge >= 0.3 is 0 Å². The van der Waals surface area contributed by atoms with Gasteiger partial charge in [-0.05, 0) is 11.6 Å². The molecular formula is C18H17N5O3S. The molecule has 3 rings (SSSR count). The summed E-state index contributed by atoms with van der Waals surface area (Å²) in [6, 6.07) is 15.8. The van der Waals surface area contributed by atoms with Crippen LogP contribution in [-0.2, 0) is 18.3 Å². The fourth-order valence-electron chi connectivity index (χ4n) is 2.43. The quantitative estimate of drug-likeness (QED) is 0.382. The Balaban J connectivity index is 1.58. The van der Waals surface area contributed by atoms with Crippen LogP contribution in [0.4, 0.5) is 11.4 Å². The van der Waals surface area contributed by atoms with E-state index < -0.39 is 4.92 Å². The Kier molecular flexibility index (Phi) is 5.82. The van der Waals surface area contributed by atoms with Crippen LogP contribution in [-0.4, -0.2) is 31.3 Å². The molecule has 0 radical (unpaired) electrons. The second-order valence-electron chi connectivity index (χ2n) is 5.76. The molecule has 1 amide bonds. The Morgan fingerprint density at radius 3 is 2.70 bits per heavy atom. The summed E-state index contributed by atoms with van der Waals surface area (Å²) in [6.07, 6.45) is 0.658. The van der Waals surface area contributed by atoms with Crippen LogP contribution in [0, 0.1) is 10.1 Å². The summed E-state index contributed by atoms with van der Waals surface area (Å²) < 4.78 is 1.86. The van der Waals surface area contributed by atoms with Gasteiger partial charge in [-0.1, -0.05) is 48.2 Å². The molecule has 0 spiro atoms. The molecule has 2 aromatic carbocycles. The molecule has 8 nitrogen and oxygen atoms in total. The van der Waals surface area contributed by atoms with E-state index in [1.807, 2.05) is 41.9 Å². The highest BCUT2D eigenvalue weighted by Crippen LogP contribution is 2.20. The maximum Gasteiger partial charge on any atom is 0.271 e. The number of non-ortho nitro benzene ring substituents is 1. The highest BCUT2D eigenvalue weighted by molar-refractivity contribution is 7.99. The van der Waals surface area contributed by atoms with Gasteiger partial charge in [0.1, 0.15) is 5.82 Å². The standard InChI is InChI=1S/C18H17N5O3S/c1-22-16(10-13-6-3-2-4-7-13)20-21-18(22)27-12-17(24)19-14-8-5-9-15(11-14)23(25)26/h2-9,11H,10,12H2,1H3,(H,19,24). The van der Waals surface area contributed by atoms with E-state index in [1.165, 1.54) is 30.0 Å². The van der Waals surface area contributed by atoms with Crippen molar-refractivity contribution in [3.05, 3.63) is 76.1 Å². The second-order valence-corrected chi connectivity index (χ2v) is 6.71. The molecule has 9 heteroatoms. The number of anilines is 1. The van der Waals surface area contributed by atoms with Gasteiger partial charge in [0.05, 0.1) is 10.7 Å². The van der Waals surface area contributed by atoms with Gasteiger partial charge in [-0.15, -0.1) is 10.2 Å². The first kappa shape index (κ1) is 18.6. The Labute approximate surface area is 159 Å². The second kappa shape index (κ2) is 8.45. The number of nitro groups is 1. The number of benzene rings is 2. The minimum Gasteiger partial charge on any atom is -0.325 e. The normalized spacial score (nSPS) is 10.6. The fraction of sp³-hybridized carbons (Fsp3) is 0.167. The summed E-state index contributed by atoms with van der Waals surface area (Å²) in [5.41, 5.74) is 1.45. The summed E-state index contributed by atoms with van der Waals surface area (Å²) in [5, 5.41) is 22.4. The van der Waals surface area contributed by atoms with E-state index in [1.54, 1.807) is 6.07 Å². The molecule has 0 aliphatic heterocycles. The number of aromatic nitrogens is 3. The van der Waals surface area contributed by atoms with Crippen molar-refractivity contribution >= 4 is 29.0 Å². The van der Waals surface area contributed by atoms with Crippen molar-refractivity contribution in [2.45, 2.75) is 11.6 Å². The van der Waals surface area contributed by atoms with Crippen LogP contribution < -0.4 is 5.32 Å². The van der Waals surface area contributed by atoms with Crippen molar-refractivity contribution in [1.29, 1.82) is 0 Å². The first-order valence-electron chi connectivity index (χ1n) is 8.12. The molecular weight excluding hydrogens is 366 g/mol. The van der Waals surface area contributed by atoms with E-state index in [4.69, 9.17) is 0 Å². The smallest absolute Gasteiger partial charge is 0.271 e. The van der Waals surface area contributed by atoms with Crippen LogP contribution in [0.2, 0.25) is 0 Å². The van der Waals surface area contributed by atoms with E-state index in [2.05, 4.69) is 15.5 Å². The van der Waals surface area contributed by atoms with Gasteiger partial charge in [-0.25, -0.2) is 0 Å². The van der Waals surface area contributed by atoms with E-state index in [-0.39, 0.29) is 17.3 Å². The fourth-order valence-corrected chi connectivity index (χ4v) is 3.16. The number of nitrogens with one attached hydrogen (secondary N) is 1. The highest BCUT2D eigenvalue weighted by atomic mass is 32.2. The Morgan fingerprint density at radius 2 is 1.96 bits per heavy atom. The molecule has 3 aromatic rings. The van der Waals surface area contributed by atoms with Gasteiger partial charge in [0, 0.05) is 31.3 Å². The number of hydrogen-bond donors (Lipinski definition) is 1. The van der Waals surface area contributed by atoms with Crippen molar-refractivity contribution in [2.24, 2.45) is 7.05 Å². The van der Waals surface area contributed by atoms with Gasteiger partial charge < -0.3 is 9.88 Å². The molecule has 0 saturated heterocycles. The zero-order chi connectivity index (χ0) is 19.2. The topological polar surface area (TPSA) is 103 Å². The van der Waals surface area contributed by atoms with Gasteiger partial charge in [-0.2, -0.15) is 0 Å². The summed E-state index contributed by atoms with van der Waals surface area (Å²) in [4.78, 5) is 22.4. The van der Waals surface area contributed by atoms with Gasteiger partial charge in [0.25, 0.3) is 5.69 Å². The third-order valence-corrected chi connectivity index (χ3v) is 4.82. The van der Waals surface area contributed by atoms with Crippen molar-refractivity contribution in [3.8, 4) is 0 Å². The maximum absolute atomic E-state index is 12.1. The Hall–Kier alpha value is -3.20. The lowest BCUT2D eigenvalue weighted by molar-refractivity contribution is -0.384. The molecule has 0 bridgehead atoms. The molecule has 1 heterocycles. The largest absolute Gasteiger partial charge is 0.325 e. The minimum absolute atomic E-state index is 0.0701. The van der Waals surface area contributed by atoms with E-state index >= 15 is 0 Å². The van der Waals surface area contributed by atoms with Crippen LogP contribution in [0.5, 0.6) is 0 Å². The SMILES string of the molecule is Cn1c(Cc2ccccc2)nnc1SCC(=O)Nc1cccc([N+](=O)[O-])c1. The van der Waals surface area contributed by atoms with Crippen molar-refractivity contribution < 1.29 is 9.72 Å². The van der Waals surface area contributed by atoms with E-state index in [0.717, 1.165) is 11.4 Å².